The molecule has 2 N–H and O–H groups in total. The Bertz CT molecular complexity index is 348. The van der Waals surface area contributed by atoms with Gasteiger partial charge in [0.1, 0.15) is 0 Å². The van der Waals surface area contributed by atoms with Crippen molar-refractivity contribution in [1.82, 2.24) is 10.0 Å². The lowest BCUT2D eigenvalue weighted by molar-refractivity contribution is -0.116. The zero-order valence-electron chi connectivity index (χ0n) is 6.63. The summed E-state index contributed by atoms with van der Waals surface area (Å²) in [6.45, 7) is 4.47. The molecule has 0 aliphatic heterocycles. The van der Waals surface area contributed by atoms with E-state index in [1.54, 1.807) is 0 Å². The maximum Gasteiger partial charge on any atom is 0.400 e. The number of nitrogens with one attached hydrogen (secondary N) is 2. The molecule has 0 aromatic rings. The summed E-state index contributed by atoms with van der Waals surface area (Å²) < 4.78 is 32.3. The van der Waals surface area contributed by atoms with Crippen molar-refractivity contribution in [1.29, 1.82) is 0 Å². The van der Waals surface area contributed by atoms with Crippen molar-refractivity contribution in [2.45, 2.75) is 6.92 Å². The van der Waals surface area contributed by atoms with E-state index in [9.17, 15) is 21.9 Å². The summed E-state index contributed by atoms with van der Waals surface area (Å²) in [6.07, 6.45) is 0. The van der Waals surface area contributed by atoms with Gasteiger partial charge in [0, 0.05) is 5.57 Å². The number of amides is 3. The highest BCUT2D eigenvalue weighted by atomic mass is 32.3. The normalized spacial score (nSPS) is 10.3. The molecule has 0 aromatic carbocycles. The Labute approximate surface area is 74.2 Å². The van der Waals surface area contributed by atoms with Gasteiger partial charge >= 0.3 is 16.4 Å². The fourth-order valence-electron chi connectivity index (χ4n) is 0.346. The van der Waals surface area contributed by atoms with Crippen molar-refractivity contribution in [3.8, 4) is 0 Å². The Morgan fingerprint density at radius 1 is 1.38 bits per heavy atom. The SMILES string of the molecule is C=C(C)C(=O)NC(=O)NS(=O)(=O)F. The number of carbonyl (C=O) groups excluding carboxylic acids is 2. The summed E-state index contributed by atoms with van der Waals surface area (Å²) in [7, 11) is -5.14. The first-order valence-corrected chi connectivity index (χ1v) is 4.34. The number of urea groups is 1. The van der Waals surface area contributed by atoms with Gasteiger partial charge in [0.05, 0.1) is 0 Å². The van der Waals surface area contributed by atoms with Crippen LogP contribution < -0.4 is 10.0 Å². The number of carbonyl (C=O) groups is 2. The van der Waals surface area contributed by atoms with Crippen molar-refractivity contribution >= 4 is 22.3 Å². The molecule has 0 aromatic heterocycles. The van der Waals surface area contributed by atoms with E-state index in [-0.39, 0.29) is 5.57 Å². The zero-order chi connectivity index (χ0) is 10.6. The molecule has 0 atom stereocenters. The number of hydrogen-bond donors (Lipinski definition) is 2. The Morgan fingerprint density at radius 3 is 2.15 bits per heavy atom. The Hall–Kier alpha value is -1.44. The van der Waals surface area contributed by atoms with Crippen LogP contribution in [0, 0.1) is 0 Å². The maximum absolute atomic E-state index is 11.8. The molecule has 0 aliphatic carbocycles. The van der Waals surface area contributed by atoms with Gasteiger partial charge in [0.15, 0.2) is 0 Å². The number of hydrogen-bond acceptors (Lipinski definition) is 4. The van der Waals surface area contributed by atoms with Crippen molar-refractivity contribution in [3.05, 3.63) is 12.2 Å². The van der Waals surface area contributed by atoms with Crippen LogP contribution in [0.2, 0.25) is 0 Å². The summed E-state index contributed by atoms with van der Waals surface area (Å²) in [4.78, 5) is 21.1. The fraction of sp³-hybridized carbons (Fsp3) is 0.200. The van der Waals surface area contributed by atoms with Crippen molar-refractivity contribution in [3.63, 3.8) is 0 Å². The lowest BCUT2D eigenvalue weighted by Gasteiger charge is -2.01. The van der Waals surface area contributed by atoms with Gasteiger partial charge in [-0.2, -0.15) is 8.42 Å². The number of imide groups is 1. The first-order chi connectivity index (χ1) is 5.72. The second-order valence-corrected chi connectivity index (χ2v) is 3.18. The van der Waals surface area contributed by atoms with Crippen LogP contribution in [0.1, 0.15) is 6.92 Å². The van der Waals surface area contributed by atoms with Gasteiger partial charge < -0.3 is 0 Å². The topological polar surface area (TPSA) is 92.3 Å². The van der Waals surface area contributed by atoms with E-state index in [4.69, 9.17) is 0 Å². The molecule has 0 fully saturated rings. The number of rotatable bonds is 2. The van der Waals surface area contributed by atoms with Crippen LogP contribution in [0.4, 0.5) is 8.68 Å². The minimum absolute atomic E-state index is 0.00796. The van der Waals surface area contributed by atoms with E-state index < -0.39 is 22.3 Å². The zero-order valence-corrected chi connectivity index (χ0v) is 7.44. The van der Waals surface area contributed by atoms with Gasteiger partial charge in [-0.3, -0.25) is 10.1 Å². The molecule has 8 heteroatoms. The maximum atomic E-state index is 11.8. The van der Waals surface area contributed by atoms with E-state index in [0.717, 1.165) is 4.72 Å². The van der Waals surface area contributed by atoms with Gasteiger partial charge in [-0.05, 0) is 6.92 Å². The van der Waals surface area contributed by atoms with Crippen LogP contribution in [0.3, 0.4) is 0 Å². The van der Waals surface area contributed by atoms with E-state index >= 15 is 0 Å². The molecule has 0 heterocycles. The van der Waals surface area contributed by atoms with Gasteiger partial charge in [0.25, 0.3) is 5.91 Å². The van der Waals surface area contributed by atoms with Gasteiger partial charge in [0.2, 0.25) is 0 Å². The smallest absolute Gasteiger partial charge is 0.273 e. The molecule has 74 valence electrons. The molecule has 6 nitrogen and oxygen atoms in total. The molecule has 0 radical (unpaired) electrons. The van der Waals surface area contributed by atoms with E-state index in [2.05, 4.69) is 6.58 Å². The molecular formula is C5H7FN2O4S. The first kappa shape index (κ1) is 11.6. The minimum Gasteiger partial charge on any atom is -0.273 e. The molecule has 0 bridgehead atoms. The molecule has 13 heavy (non-hydrogen) atoms. The van der Waals surface area contributed by atoms with Crippen molar-refractivity contribution in [2.75, 3.05) is 0 Å². The van der Waals surface area contributed by atoms with E-state index in [0.29, 0.717) is 0 Å². The van der Waals surface area contributed by atoms with Crippen molar-refractivity contribution in [2.24, 2.45) is 0 Å². The molecular weight excluding hydrogens is 203 g/mol. The van der Waals surface area contributed by atoms with E-state index in [1.165, 1.54) is 12.2 Å². The van der Waals surface area contributed by atoms with Crippen LogP contribution in [0.5, 0.6) is 0 Å². The Morgan fingerprint density at radius 2 is 1.85 bits per heavy atom. The van der Waals surface area contributed by atoms with Crippen LogP contribution >= 0.6 is 0 Å². The molecule has 0 spiro atoms. The van der Waals surface area contributed by atoms with Gasteiger partial charge in [-0.25, -0.2) is 9.52 Å². The molecule has 0 rings (SSSR count). The second kappa shape index (κ2) is 3.99. The summed E-state index contributed by atoms with van der Waals surface area (Å²) >= 11 is 0. The summed E-state index contributed by atoms with van der Waals surface area (Å²) in [6, 6.07) is -1.46. The fourth-order valence-corrected chi connectivity index (χ4v) is 0.619. The van der Waals surface area contributed by atoms with Gasteiger partial charge in [-0.15, -0.1) is 0 Å². The predicted molar refractivity (Wildman–Crippen MR) is 41.5 cm³/mol. The highest BCUT2D eigenvalue weighted by Crippen LogP contribution is 1.87. The molecule has 0 unspecified atom stereocenters. The lowest BCUT2D eigenvalue weighted by atomic mass is 10.3. The third-order valence-corrected chi connectivity index (χ3v) is 1.26. The standard InChI is InChI=1S/C5H7FN2O4S/c1-3(2)4(9)7-5(10)8-13(6,11)12/h1H2,2H3,(H2,7,8,9,10). The van der Waals surface area contributed by atoms with Crippen LogP contribution in [0.15, 0.2) is 12.2 Å². The summed E-state index contributed by atoms with van der Waals surface area (Å²) in [5.74, 6) is -0.888. The Balaban J connectivity index is 4.19. The average molecular weight is 210 g/mol. The third kappa shape index (κ3) is 5.79. The molecule has 0 aliphatic rings. The molecule has 0 saturated heterocycles. The summed E-state index contributed by atoms with van der Waals surface area (Å²) in [5, 5.41) is 1.53. The molecule has 0 saturated carbocycles. The average Bonchev–Trinajstić information content (AvgIpc) is 1.81. The quantitative estimate of drug-likeness (QED) is 0.479. The van der Waals surface area contributed by atoms with Crippen LogP contribution in [-0.4, -0.2) is 20.4 Å². The van der Waals surface area contributed by atoms with Crippen LogP contribution in [0.25, 0.3) is 0 Å². The summed E-state index contributed by atoms with van der Waals surface area (Å²) in [5.41, 5.74) is -0.00796. The number of halogens is 1. The molecule has 3 amide bonds. The van der Waals surface area contributed by atoms with E-state index in [1.807, 2.05) is 0 Å². The first-order valence-electron chi connectivity index (χ1n) is 2.95. The van der Waals surface area contributed by atoms with Gasteiger partial charge in [-0.1, -0.05) is 10.5 Å². The Kier molecular flexibility index (Phi) is 3.54. The highest BCUT2D eigenvalue weighted by molar-refractivity contribution is 7.84. The third-order valence-electron chi connectivity index (χ3n) is 0.829. The largest absolute Gasteiger partial charge is 0.400 e. The minimum atomic E-state index is -5.14. The second-order valence-electron chi connectivity index (χ2n) is 2.10. The highest BCUT2D eigenvalue weighted by Gasteiger charge is 2.14. The van der Waals surface area contributed by atoms with Crippen molar-refractivity contribution < 1.29 is 21.9 Å². The van der Waals surface area contributed by atoms with Crippen LogP contribution in [-0.2, 0) is 15.2 Å². The monoisotopic (exact) mass is 210 g/mol. The lowest BCUT2D eigenvalue weighted by Crippen LogP contribution is -2.41. The predicted octanol–water partition coefficient (Wildman–Crippen LogP) is -0.397.